The van der Waals surface area contributed by atoms with Crippen molar-refractivity contribution < 1.29 is 8.85 Å². The Morgan fingerprint density at radius 2 is 2.43 bits per heavy atom. The molecule has 0 saturated carbocycles. The van der Waals surface area contributed by atoms with Gasteiger partial charge < -0.3 is 8.85 Å². The first kappa shape index (κ1) is 6.83. The SMILES string of the molecule is CO[SiH-]OC#CCl. The van der Waals surface area contributed by atoms with Crippen LogP contribution in [-0.4, -0.2) is 17.1 Å². The van der Waals surface area contributed by atoms with E-state index in [1.807, 2.05) is 5.38 Å². The summed E-state index contributed by atoms with van der Waals surface area (Å²) in [4.78, 5) is 0. The summed E-state index contributed by atoms with van der Waals surface area (Å²) in [5.41, 5.74) is 0. The van der Waals surface area contributed by atoms with Crippen molar-refractivity contribution in [2.24, 2.45) is 0 Å². The molecule has 0 aliphatic rings. The van der Waals surface area contributed by atoms with Crippen molar-refractivity contribution in [2.45, 2.75) is 0 Å². The molecule has 0 heterocycles. The predicted molar refractivity (Wildman–Crippen MR) is 28.9 cm³/mol. The van der Waals surface area contributed by atoms with Gasteiger partial charge in [0.2, 0.25) is 0 Å². The fourth-order valence-electron chi connectivity index (χ4n) is 0.0944. The van der Waals surface area contributed by atoms with Crippen LogP contribution < -0.4 is 0 Å². The van der Waals surface area contributed by atoms with Crippen molar-refractivity contribution in [3.63, 3.8) is 0 Å². The molecule has 0 spiro atoms. The fraction of sp³-hybridized carbons (Fsp3) is 0.333. The number of rotatable bonds is 2. The van der Waals surface area contributed by atoms with Gasteiger partial charge in [0.05, 0.1) is 16.1 Å². The highest BCUT2D eigenvalue weighted by atomic mass is 35.5. The molecule has 0 unspecified atom stereocenters. The van der Waals surface area contributed by atoms with E-state index in [0.29, 0.717) is 0 Å². The average molecular weight is 136 g/mol. The van der Waals surface area contributed by atoms with Gasteiger partial charge in [-0.1, -0.05) is 0 Å². The minimum Gasteiger partial charge on any atom is -0.640 e. The van der Waals surface area contributed by atoms with E-state index < -0.39 is 10.0 Å². The van der Waals surface area contributed by atoms with Crippen molar-refractivity contribution >= 4 is 21.6 Å². The van der Waals surface area contributed by atoms with Gasteiger partial charge in [0, 0.05) is 5.38 Å². The molecule has 0 aromatic heterocycles. The molecule has 0 radical (unpaired) electrons. The van der Waals surface area contributed by atoms with Crippen molar-refractivity contribution in [3.05, 3.63) is 0 Å². The third-order valence-corrected chi connectivity index (χ3v) is 0.726. The lowest BCUT2D eigenvalue weighted by molar-refractivity contribution is 0.351. The van der Waals surface area contributed by atoms with Gasteiger partial charge in [0.25, 0.3) is 0 Å². The number of hydrogen-bond donors (Lipinski definition) is 0. The second-order valence-electron chi connectivity index (χ2n) is 0.646. The number of halogens is 1. The van der Waals surface area contributed by atoms with Gasteiger partial charge in [0.1, 0.15) is 0 Å². The predicted octanol–water partition coefficient (Wildman–Crippen LogP) is 0.0731. The molecule has 4 heteroatoms. The van der Waals surface area contributed by atoms with Crippen LogP contribution in [0.3, 0.4) is 0 Å². The highest BCUT2D eigenvalue weighted by Gasteiger charge is 1.56. The minimum absolute atomic E-state index is 0.442. The summed E-state index contributed by atoms with van der Waals surface area (Å²) >= 11 is 4.91. The molecule has 2 nitrogen and oxygen atoms in total. The fourth-order valence-corrected chi connectivity index (χ4v) is 0.417. The maximum Gasteiger partial charge on any atom is 0.0987 e. The van der Waals surface area contributed by atoms with Crippen LogP contribution in [0.5, 0.6) is 0 Å². The van der Waals surface area contributed by atoms with Crippen molar-refractivity contribution in [1.29, 1.82) is 0 Å². The molecule has 0 bridgehead atoms. The average Bonchev–Trinajstić information content (AvgIpc) is 1.69. The van der Waals surface area contributed by atoms with Gasteiger partial charge in [0.15, 0.2) is 0 Å². The molecule has 0 fully saturated rings. The molecular formula is C3H4ClO2Si-. The van der Waals surface area contributed by atoms with E-state index in [1.165, 1.54) is 0 Å². The largest absolute Gasteiger partial charge is 0.640 e. The molecule has 0 aromatic rings. The highest BCUT2D eigenvalue weighted by molar-refractivity contribution is 6.30. The molecule has 0 aliphatic heterocycles. The van der Waals surface area contributed by atoms with E-state index in [0.717, 1.165) is 0 Å². The van der Waals surface area contributed by atoms with Crippen LogP contribution in [0.15, 0.2) is 0 Å². The zero-order valence-electron chi connectivity index (χ0n) is 3.77. The highest BCUT2D eigenvalue weighted by Crippen LogP contribution is 1.66. The maximum absolute atomic E-state index is 4.91. The van der Waals surface area contributed by atoms with E-state index >= 15 is 0 Å². The molecule has 0 amide bonds. The monoisotopic (exact) mass is 135 g/mol. The smallest absolute Gasteiger partial charge is 0.0987 e. The Hall–Kier alpha value is -0.173. The Morgan fingerprint density at radius 3 is 2.86 bits per heavy atom. The van der Waals surface area contributed by atoms with Gasteiger partial charge in [-0.2, -0.15) is 0 Å². The Kier molecular flexibility index (Phi) is 5.68. The third-order valence-electron chi connectivity index (χ3n) is 0.242. The van der Waals surface area contributed by atoms with E-state index in [1.54, 1.807) is 7.11 Å². The summed E-state index contributed by atoms with van der Waals surface area (Å²) in [5.74, 6) is 0. The topological polar surface area (TPSA) is 18.5 Å². The zero-order valence-corrected chi connectivity index (χ0v) is 5.68. The molecule has 0 aliphatic carbocycles. The van der Waals surface area contributed by atoms with Crippen LogP contribution in [0.2, 0.25) is 0 Å². The molecular weight excluding hydrogens is 132 g/mol. The second-order valence-corrected chi connectivity index (χ2v) is 1.73. The van der Waals surface area contributed by atoms with Crippen LogP contribution >= 0.6 is 11.6 Å². The van der Waals surface area contributed by atoms with Gasteiger partial charge in [-0.25, -0.2) is 0 Å². The van der Waals surface area contributed by atoms with Gasteiger partial charge in [-0.05, 0) is 18.7 Å². The molecule has 7 heavy (non-hydrogen) atoms. The third kappa shape index (κ3) is 5.83. The lowest BCUT2D eigenvalue weighted by atomic mass is 11.3. The summed E-state index contributed by atoms with van der Waals surface area (Å²) in [7, 11) is 1.11. The summed E-state index contributed by atoms with van der Waals surface area (Å²) < 4.78 is 9.04. The van der Waals surface area contributed by atoms with Crippen molar-refractivity contribution in [1.82, 2.24) is 0 Å². The van der Waals surface area contributed by atoms with Crippen LogP contribution in [0.1, 0.15) is 0 Å². The molecule has 0 saturated heterocycles. The summed E-state index contributed by atoms with van der Waals surface area (Å²) in [6, 6.07) is 0. The van der Waals surface area contributed by atoms with E-state index in [2.05, 4.69) is 15.0 Å². The Bertz CT molecular complexity index is 84.7. The Labute approximate surface area is 49.8 Å². The molecule has 0 N–H and O–H groups in total. The molecule has 0 atom stereocenters. The van der Waals surface area contributed by atoms with Crippen LogP contribution in [-0.2, 0) is 8.85 Å². The van der Waals surface area contributed by atoms with Crippen molar-refractivity contribution in [2.75, 3.05) is 7.11 Å². The quantitative estimate of drug-likeness (QED) is 0.303. The van der Waals surface area contributed by atoms with Gasteiger partial charge in [-0.15, -0.1) is 0 Å². The van der Waals surface area contributed by atoms with Crippen LogP contribution in [0, 0.1) is 11.5 Å². The zero-order chi connectivity index (χ0) is 5.54. The van der Waals surface area contributed by atoms with E-state index in [4.69, 9.17) is 11.6 Å². The lowest BCUT2D eigenvalue weighted by Crippen LogP contribution is -1.93. The molecule has 40 valence electrons. The maximum atomic E-state index is 4.91. The minimum atomic E-state index is -0.442. The Balaban J connectivity index is 2.78. The molecule has 0 aromatic carbocycles. The second kappa shape index (κ2) is 5.83. The summed E-state index contributed by atoms with van der Waals surface area (Å²) in [6.45, 7) is 0. The van der Waals surface area contributed by atoms with E-state index in [-0.39, 0.29) is 0 Å². The van der Waals surface area contributed by atoms with E-state index in [9.17, 15) is 0 Å². The van der Waals surface area contributed by atoms with Gasteiger partial charge in [-0.3, -0.25) is 0 Å². The first-order valence-corrected chi connectivity index (χ1v) is 2.84. The van der Waals surface area contributed by atoms with Crippen LogP contribution in [0.4, 0.5) is 0 Å². The summed E-state index contributed by atoms with van der Waals surface area (Å²) in [6.07, 6.45) is 2.18. The first-order valence-electron chi connectivity index (χ1n) is 1.52. The molecule has 0 rings (SSSR count). The van der Waals surface area contributed by atoms with Gasteiger partial charge >= 0.3 is 0 Å². The normalized spacial score (nSPS) is 6.57. The van der Waals surface area contributed by atoms with Crippen molar-refractivity contribution in [3.8, 4) is 11.5 Å². The Morgan fingerprint density at radius 1 is 1.71 bits per heavy atom. The standard InChI is InChI=1S/C3H4ClO2Si/c1-5-7-6-3-2-4/h7H,1H3/q-1. The lowest BCUT2D eigenvalue weighted by Gasteiger charge is -2.04. The first-order chi connectivity index (χ1) is 3.41. The summed E-state index contributed by atoms with van der Waals surface area (Å²) in [5, 5.41) is 2.04. The van der Waals surface area contributed by atoms with Crippen LogP contribution in [0.25, 0.3) is 0 Å². The number of hydrogen-bond acceptors (Lipinski definition) is 2.